The quantitative estimate of drug-likeness (QED) is 0.804. The molecule has 0 aliphatic heterocycles. The number of nitrogens with zero attached hydrogens (tertiary/aromatic N) is 1. The Labute approximate surface area is 113 Å². The first-order valence-corrected chi connectivity index (χ1v) is 7.50. The Morgan fingerprint density at radius 3 is 2.21 bits per heavy atom. The summed E-state index contributed by atoms with van der Waals surface area (Å²) in [4.78, 5) is 0.219. The van der Waals surface area contributed by atoms with Gasteiger partial charge in [-0.25, -0.2) is 0 Å². The van der Waals surface area contributed by atoms with Gasteiger partial charge in [0, 0.05) is 6.21 Å². The molecule has 0 aromatic heterocycles. The molecule has 0 saturated heterocycles. The van der Waals surface area contributed by atoms with E-state index in [9.17, 15) is 8.42 Å². The van der Waals surface area contributed by atoms with E-state index >= 15 is 0 Å². The molecule has 19 heavy (non-hydrogen) atoms. The summed E-state index contributed by atoms with van der Waals surface area (Å²) >= 11 is 0. The first-order chi connectivity index (χ1) is 9.12. The van der Waals surface area contributed by atoms with Gasteiger partial charge in [0.25, 0.3) is 10.0 Å². The van der Waals surface area contributed by atoms with Gasteiger partial charge in [0.05, 0.1) is 4.90 Å². The average Bonchev–Trinajstić information content (AvgIpc) is 2.46. The fraction of sp³-hybridized carbons (Fsp3) is 0.133. The Morgan fingerprint density at radius 1 is 1.00 bits per heavy atom. The summed E-state index contributed by atoms with van der Waals surface area (Å²) in [5.41, 5.74) is 1.86. The van der Waals surface area contributed by atoms with Crippen molar-refractivity contribution in [3.05, 3.63) is 65.7 Å². The van der Waals surface area contributed by atoms with Gasteiger partial charge < -0.3 is 0 Å². The molecule has 0 unspecified atom stereocenters. The Kier molecular flexibility index (Phi) is 4.12. The predicted octanol–water partition coefficient (Wildman–Crippen LogP) is 3.06. The number of rotatable bonds is 4. The van der Waals surface area contributed by atoms with Gasteiger partial charge in [-0.15, -0.1) is 0 Å². The third-order valence-electron chi connectivity index (χ3n) is 2.77. The zero-order valence-electron chi connectivity index (χ0n) is 10.7. The first-order valence-electron chi connectivity index (χ1n) is 6.06. The highest BCUT2D eigenvalue weighted by Crippen LogP contribution is 2.13. The zero-order chi connectivity index (χ0) is 13.7. The van der Waals surface area contributed by atoms with E-state index in [0.717, 1.165) is 17.5 Å². The van der Waals surface area contributed by atoms with Crippen LogP contribution in [0.4, 0.5) is 0 Å². The number of hydrogen-bond acceptors (Lipinski definition) is 2. The highest BCUT2D eigenvalue weighted by Gasteiger charge is 2.10. The van der Waals surface area contributed by atoms with Crippen LogP contribution in [0, 0.1) is 0 Å². The lowest BCUT2D eigenvalue weighted by Crippen LogP contribution is -1.98. The van der Waals surface area contributed by atoms with Crippen LogP contribution in [0.3, 0.4) is 0 Å². The summed E-state index contributed by atoms with van der Waals surface area (Å²) in [7, 11) is -3.61. The van der Waals surface area contributed by atoms with Gasteiger partial charge in [-0.3, -0.25) is 0 Å². The highest BCUT2D eigenvalue weighted by atomic mass is 32.2. The highest BCUT2D eigenvalue weighted by molar-refractivity contribution is 7.90. The summed E-state index contributed by atoms with van der Waals surface area (Å²) in [5.74, 6) is 0. The second-order valence-electron chi connectivity index (χ2n) is 4.12. The lowest BCUT2D eigenvalue weighted by Gasteiger charge is -2.00. The molecule has 0 bridgehead atoms. The molecule has 0 radical (unpaired) electrons. The summed E-state index contributed by atoms with van der Waals surface area (Å²) in [6, 6.07) is 16.0. The molecule has 0 N–H and O–H groups in total. The third-order valence-corrected chi connectivity index (χ3v) is 4.02. The minimum absolute atomic E-state index is 0.219. The van der Waals surface area contributed by atoms with E-state index in [4.69, 9.17) is 0 Å². The van der Waals surface area contributed by atoms with Crippen molar-refractivity contribution in [2.45, 2.75) is 18.2 Å². The molecule has 0 spiro atoms. The summed E-state index contributed by atoms with van der Waals surface area (Å²) < 4.78 is 27.7. The molecular weight excluding hydrogens is 258 g/mol. The lowest BCUT2D eigenvalue weighted by molar-refractivity contribution is 0.598. The molecule has 98 valence electrons. The maximum atomic E-state index is 12.0. The van der Waals surface area contributed by atoms with Crippen LogP contribution in [-0.4, -0.2) is 14.6 Å². The molecule has 2 aromatic carbocycles. The fourth-order valence-corrected chi connectivity index (χ4v) is 2.49. The average molecular weight is 273 g/mol. The second-order valence-corrected chi connectivity index (χ2v) is 5.75. The first kappa shape index (κ1) is 13.5. The zero-order valence-corrected chi connectivity index (χ0v) is 11.5. The molecule has 0 saturated carbocycles. The number of aryl methyl sites for hydroxylation is 1. The minimum atomic E-state index is -3.61. The van der Waals surface area contributed by atoms with Crippen LogP contribution in [0.15, 0.2) is 63.9 Å². The molecule has 4 heteroatoms. The maximum absolute atomic E-state index is 12.0. The molecule has 0 amide bonds. The standard InChI is InChI=1S/C15H15NO2S/c1-2-13-8-10-15(11-9-13)19(17,18)16-12-14-6-4-3-5-7-14/h3-12H,2H2,1H3/b16-12+. The van der Waals surface area contributed by atoms with E-state index in [0.29, 0.717) is 0 Å². The summed E-state index contributed by atoms with van der Waals surface area (Å²) in [6.07, 6.45) is 2.25. The summed E-state index contributed by atoms with van der Waals surface area (Å²) in [6.45, 7) is 2.02. The van der Waals surface area contributed by atoms with Gasteiger partial charge in [0.2, 0.25) is 0 Å². The molecule has 0 atom stereocenters. The molecule has 0 fully saturated rings. The van der Waals surface area contributed by atoms with E-state index in [1.807, 2.05) is 37.3 Å². The molecule has 2 rings (SSSR count). The van der Waals surface area contributed by atoms with Gasteiger partial charge in [-0.2, -0.15) is 12.8 Å². The van der Waals surface area contributed by atoms with Crippen LogP contribution in [-0.2, 0) is 16.4 Å². The van der Waals surface area contributed by atoms with Gasteiger partial charge in [-0.1, -0.05) is 49.4 Å². The van der Waals surface area contributed by atoms with Crippen molar-refractivity contribution < 1.29 is 8.42 Å². The molecular formula is C15H15NO2S. The fourth-order valence-electron chi connectivity index (χ4n) is 1.63. The maximum Gasteiger partial charge on any atom is 0.282 e. The molecule has 3 nitrogen and oxygen atoms in total. The number of sulfonamides is 1. The van der Waals surface area contributed by atoms with Crippen molar-refractivity contribution in [1.29, 1.82) is 0 Å². The third kappa shape index (κ3) is 3.51. The van der Waals surface area contributed by atoms with E-state index in [1.165, 1.54) is 6.21 Å². The number of benzene rings is 2. The smallest absolute Gasteiger partial charge is 0.199 e. The molecule has 0 heterocycles. The molecule has 0 aliphatic carbocycles. The Morgan fingerprint density at radius 2 is 1.63 bits per heavy atom. The predicted molar refractivity (Wildman–Crippen MR) is 77.0 cm³/mol. The van der Waals surface area contributed by atoms with Gasteiger partial charge in [0.15, 0.2) is 0 Å². The van der Waals surface area contributed by atoms with E-state index in [-0.39, 0.29) is 4.90 Å². The van der Waals surface area contributed by atoms with Crippen molar-refractivity contribution in [2.75, 3.05) is 0 Å². The van der Waals surface area contributed by atoms with Crippen molar-refractivity contribution in [1.82, 2.24) is 0 Å². The Balaban J connectivity index is 2.25. The second kappa shape index (κ2) is 5.80. The minimum Gasteiger partial charge on any atom is -0.199 e. The normalized spacial score (nSPS) is 11.8. The van der Waals surface area contributed by atoms with E-state index < -0.39 is 10.0 Å². The van der Waals surface area contributed by atoms with Crippen LogP contribution in [0.25, 0.3) is 0 Å². The van der Waals surface area contributed by atoms with Crippen LogP contribution >= 0.6 is 0 Å². The number of hydrogen-bond donors (Lipinski definition) is 0. The van der Waals surface area contributed by atoms with Crippen LogP contribution < -0.4 is 0 Å². The van der Waals surface area contributed by atoms with Crippen LogP contribution in [0.5, 0.6) is 0 Å². The van der Waals surface area contributed by atoms with Crippen LogP contribution in [0.2, 0.25) is 0 Å². The lowest BCUT2D eigenvalue weighted by atomic mass is 10.2. The van der Waals surface area contributed by atoms with Gasteiger partial charge >= 0.3 is 0 Å². The summed E-state index contributed by atoms with van der Waals surface area (Å²) in [5, 5.41) is 0. The van der Waals surface area contributed by atoms with Crippen LogP contribution in [0.1, 0.15) is 18.1 Å². The molecule has 0 aliphatic rings. The molecule has 2 aromatic rings. The topological polar surface area (TPSA) is 46.5 Å². The monoisotopic (exact) mass is 273 g/mol. The largest absolute Gasteiger partial charge is 0.282 e. The SMILES string of the molecule is CCc1ccc(S(=O)(=O)/N=C/c2ccccc2)cc1. The van der Waals surface area contributed by atoms with Gasteiger partial charge in [0.1, 0.15) is 0 Å². The Hall–Kier alpha value is -1.94. The van der Waals surface area contributed by atoms with E-state index in [2.05, 4.69) is 4.40 Å². The van der Waals surface area contributed by atoms with Crippen molar-refractivity contribution in [3.63, 3.8) is 0 Å². The van der Waals surface area contributed by atoms with Crippen molar-refractivity contribution >= 4 is 16.2 Å². The van der Waals surface area contributed by atoms with Crippen molar-refractivity contribution in [2.24, 2.45) is 4.40 Å². The van der Waals surface area contributed by atoms with Crippen molar-refractivity contribution in [3.8, 4) is 0 Å². The Bertz CT molecular complexity index is 659. The van der Waals surface area contributed by atoms with Gasteiger partial charge in [-0.05, 0) is 29.7 Å². The van der Waals surface area contributed by atoms with E-state index in [1.54, 1.807) is 24.3 Å².